The van der Waals surface area contributed by atoms with Crippen molar-refractivity contribution in [1.82, 2.24) is 9.97 Å². The maximum atomic E-state index is 6.38. The third-order valence-electron chi connectivity index (χ3n) is 9.47. The van der Waals surface area contributed by atoms with Gasteiger partial charge in [0.1, 0.15) is 11.2 Å². The minimum Gasteiger partial charge on any atom is -0.455 e. The molecule has 3 heteroatoms. The second-order valence-electron chi connectivity index (χ2n) is 12.6. The molecule has 46 heavy (non-hydrogen) atoms. The number of para-hydroxylation sites is 2. The molecule has 6 aromatic carbocycles. The lowest BCUT2D eigenvalue weighted by molar-refractivity contribution is 0.658. The van der Waals surface area contributed by atoms with Crippen LogP contribution in [-0.2, 0) is 5.41 Å². The van der Waals surface area contributed by atoms with E-state index >= 15 is 0 Å². The van der Waals surface area contributed by atoms with Gasteiger partial charge in [0.25, 0.3) is 0 Å². The lowest BCUT2D eigenvalue weighted by Gasteiger charge is -2.24. The molecule has 0 saturated carbocycles. The first kappa shape index (κ1) is 26.6. The van der Waals surface area contributed by atoms with E-state index in [0.29, 0.717) is 0 Å². The molecule has 1 aliphatic carbocycles. The summed E-state index contributed by atoms with van der Waals surface area (Å²) in [4.78, 5) is 10.5. The van der Waals surface area contributed by atoms with Gasteiger partial charge in [-0.3, -0.25) is 0 Å². The van der Waals surface area contributed by atoms with Crippen molar-refractivity contribution >= 4 is 21.9 Å². The molecule has 0 atom stereocenters. The lowest BCUT2D eigenvalue weighted by Crippen LogP contribution is -2.17. The molecule has 0 N–H and O–H groups in total. The van der Waals surface area contributed by atoms with Gasteiger partial charge in [-0.15, -0.1) is 0 Å². The van der Waals surface area contributed by atoms with Gasteiger partial charge in [-0.2, -0.15) is 0 Å². The van der Waals surface area contributed by atoms with E-state index < -0.39 is 0 Å². The summed E-state index contributed by atoms with van der Waals surface area (Å²) in [5.74, 6) is 0.744. The summed E-state index contributed by atoms with van der Waals surface area (Å²) in [5, 5.41) is 2.27. The van der Waals surface area contributed by atoms with Gasteiger partial charge in [-0.1, -0.05) is 141 Å². The van der Waals surface area contributed by atoms with Crippen molar-refractivity contribution in [2.75, 3.05) is 0 Å². The largest absolute Gasteiger partial charge is 0.455 e. The molecular weight excluding hydrogens is 560 g/mol. The maximum Gasteiger partial charge on any atom is 0.160 e. The zero-order chi connectivity index (χ0) is 30.8. The third kappa shape index (κ3) is 4.05. The van der Waals surface area contributed by atoms with Crippen LogP contribution in [0.15, 0.2) is 150 Å². The van der Waals surface area contributed by atoms with Gasteiger partial charge < -0.3 is 4.42 Å². The van der Waals surface area contributed by atoms with Crippen molar-refractivity contribution in [3.8, 4) is 56.2 Å². The molecule has 1 aliphatic rings. The molecule has 218 valence electrons. The third-order valence-corrected chi connectivity index (χ3v) is 9.47. The molecule has 0 bridgehead atoms. The molecular formula is C43H30N2O. The van der Waals surface area contributed by atoms with E-state index in [9.17, 15) is 0 Å². The minimum absolute atomic E-state index is 0.238. The summed E-state index contributed by atoms with van der Waals surface area (Å²) in [5.41, 5.74) is 13.8. The number of hydrogen-bond acceptors (Lipinski definition) is 3. The Labute approximate surface area is 267 Å². The van der Waals surface area contributed by atoms with Crippen molar-refractivity contribution < 1.29 is 4.42 Å². The zero-order valence-corrected chi connectivity index (χ0v) is 25.7. The molecule has 0 fully saturated rings. The van der Waals surface area contributed by atoms with Crippen molar-refractivity contribution in [2.24, 2.45) is 0 Å². The average Bonchev–Trinajstić information content (AvgIpc) is 3.61. The van der Waals surface area contributed by atoms with Crippen LogP contribution in [0.3, 0.4) is 0 Å². The number of nitrogens with zero attached hydrogens (tertiary/aromatic N) is 2. The topological polar surface area (TPSA) is 38.9 Å². The van der Waals surface area contributed by atoms with Gasteiger partial charge in [-0.25, -0.2) is 9.97 Å². The fourth-order valence-corrected chi connectivity index (χ4v) is 7.23. The lowest BCUT2D eigenvalue weighted by atomic mass is 9.80. The quantitative estimate of drug-likeness (QED) is 0.205. The van der Waals surface area contributed by atoms with Crippen LogP contribution in [0.25, 0.3) is 78.1 Å². The summed E-state index contributed by atoms with van der Waals surface area (Å²) in [6.45, 7) is 4.58. The highest BCUT2D eigenvalue weighted by Gasteiger charge is 2.40. The van der Waals surface area contributed by atoms with Crippen molar-refractivity contribution in [3.63, 3.8) is 0 Å². The van der Waals surface area contributed by atoms with Gasteiger partial charge in [0, 0.05) is 44.0 Å². The fraction of sp³-hybridized carbons (Fsp3) is 0.0698. The molecule has 0 saturated heterocycles. The summed E-state index contributed by atoms with van der Waals surface area (Å²) in [6.07, 6.45) is 0. The predicted octanol–water partition coefficient (Wildman–Crippen LogP) is 11.4. The van der Waals surface area contributed by atoms with Gasteiger partial charge in [0.15, 0.2) is 5.82 Å². The van der Waals surface area contributed by atoms with Crippen LogP contribution in [0.1, 0.15) is 25.0 Å². The number of fused-ring (bicyclic) bond motifs is 6. The smallest absolute Gasteiger partial charge is 0.160 e. The van der Waals surface area contributed by atoms with Crippen LogP contribution in [-0.4, -0.2) is 9.97 Å². The Kier molecular flexibility index (Phi) is 5.85. The molecule has 2 heterocycles. The van der Waals surface area contributed by atoms with Crippen LogP contribution in [0, 0.1) is 0 Å². The van der Waals surface area contributed by atoms with Gasteiger partial charge in [0.05, 0.1) is 11.4 Å². The van der Waals surface area contributed by atoms with E-state index in [4.69, 9.17) is 14.4 Å². The van der Waals surface area contributed by atoms with Crippen molar-refractivity contribution in [3.05, 3.63) is 157 Å². The van der Waals surface area contributed by atoms with Crippen molar-refractivity contribution in [2.45, 2.75) is 19.3 Å². The summed E-state index contributed by atoms with van der Waals surface area (Å²) >= 11 is 0. The average molecular weight is 591 g/mol. The number of aromatic nitrogens is 2. The maximum absolute atomic E-state index is 6.38. The summed E-state index contributed by atoms with van der Waals surface area (Å²) in [6, 6.07) is 51.1. The van der Waals surface area contributed by atoms with E-state index in [0.717, 1.165) is 72.5 Å². The molecule has 0 spiro atoms. The minimum atomic E-state index is -0.238. The highest BCUT2D eigenvalue weighted by Crippen LogP contribution is 2.51. The fourth-order valence-electron chi connectivity index (χ4n) is 7.23. The Morgan fingerprint density at radius 1 is 0.478 bits per heavy atom. The summed E-state index contributed by atoms with van der Waals surface area (Å²) < 4.78 is 6.38. The molecule has 9 rings (SSSR count). The number of benzene rings is 6. The highest BCUT2D eigenvalue weighted by atomic mass is 16.3. The first-order valence-corrected chi connectivity index (χ1v) is 15.8. The highest BCUT2D eigenvalue weighted by molar-refractivity contribution is 6.09. The van der Waals surface area contributed by atoms with Crippen LogP contribution >= 0.6 is 0 Å². The van der Waals surface area contributed by atoms with Crippen LogP contribution in [0.5, 0.6) is 0 Å². The Bertz CT molecular complexity index is 2450. The molecule has 0 radical (unpaired) electrons. The van der Waals surface area contributed by atoms with Gasteiger partial charge in [-0.05, 0) is 40.5 Å². The second-order valence-corrected chi connectivity index (χ2v) is 12.6. The molecule has 2 aromatic heterocycles. The Hall–Kier alpha value is -5.80. The van der Waals surface area contributed by atoms with E-state index in [1.54, 1.807) is 0 Å². The van der Waals surface area contributed by atoms with E-state index in [2.05, 4.69) is 129 Å². The predicted molar refractivity (Wildman–Crippen MR) is 189 cm³/mol. The molecule has 3 nitrogen and oxygen atoms in total. The number of furan rings is 1. The van der Waals surface area contributed by atoms with E-state index in [-0.39, 0.29) is 5.41 Å². The summed E-state index contributed by atoms with van der Waals surface area (Å²) in [7, 11) is 0. The number of rotatable bonds is 4. The zero-order valence-electron chi connectivity index (χ0n) is 25.7. The monoisotopic (exact) mass is 590 g/mol. The molecule has 0 aliphatic heterocycles. The number of hydrogen-bond donors (Lipinski definition) is 0. The van der Waals surface area contributed by atoms with Crippen LogP contribution < -0.4 is 0 Å². The first-order valence-electron chi connectivity index (χ1n) is 15.8. The SMILES string of the molecule is CC1(C)c2ccccc2-c2nc(-c3ccccc3)nc(-c3cccc(-c4cccc(-c5cccc6c5oc5ccccc56)c4)c3)c21. The molecule has 0 unspecified atom stereocenters. The normalized spacial score (nSPS) is 13.2. The van der Waals surface area contributed by atoms with Gasteiger partial charge >= 0.3 is 0 Å². The van der Waals surface area contributed by atoms with Crippen LogP contribution in [0.4, 0.5) is 0 Å². The van der Waals surface area contributed by atoms with E-state index in [1.165, 1.54) is 16.7 Å². The van der Waals surface area contributed by atoms with Crippen molar-refractivity contribution in [1.29, 1.82) is 0 Å². The van der Waals surface area contributed by atoms with Gasteiger partial charge in [0.2, 0.25) is 0 Å². The Balaban J connectivity index is 1.20. The van der Waals surface area contributed by atoms with E-state index in [1.807, 2.05) is 30.3 Å². The first-order chi connectivity index (χ1) is 22.6. The Morgan fingerprint density at radius 2 is 1.07 bits per heavy atom. The molecule has 0 amide bonds. The standard InChI is InChI=1S/C43H30N2O/c1-43(2)36-23-8-6-20-35(36)40-38(43)39(44-42(45-40)27-13-4-3-5-14-27)31-18-11-16-29(26-31)28-15-10-17-30(25-28)32-21-12-22-34-33-19-7-9-24-37(33)46-41(32)34/h3-26H,1-2H3. The second kappa shape index (κ2) is 10.1. The van der Waals surface area contributed by atoms with Crippen LogP contribution in [0.2, 0.25) is 0 Å². The molecule has 8 aromatic rings. The Morgan fingerprint density at radius 3 is 1.91 bits per heavy atom.